The van der Waals surface area contributed by atoms with Crippen LogP contribution in [0.15, 0.2) is 29.8 Å². The van der Waals surface area contributed by atoms with E-state index in [1.165, 1.54) is 6.20 Å². The van der Waals surface area contributed by atoms with Crippen LogP contribution < -0.4 is 10.6 Å². The third kappa shape index (κ3) is 1.64. The number of hydrogen-bond acceptors (Lipinski definition) is 5. The number of aliphatic imine (C=N–C) groups is 1. The van der Waals surface area contributed by atoms with E-state index in [4.69, 9.17) is 5.73 Å². The summed E-state index contributed by atoms with van der Waals surface area (Å²) < 4.78 is 0. The van der Waals surface area contributed by atoms with Crippen LogP contribution in [0.25, 0.3) is 0 Å². The lowest BCUT2D eigenvalue weighted by atomic mass is 10.5. The summed E-state index contributed by atoms with van der Waals surface area (Å²) in [5.74, 6) is 1.20. The van der Waals surface area contributed by atoms with Gasteiger partial charge in [-0.05, 0) is 0 Å². The molecule has 1 aromatic heterocycles. The number of rotatable bonds is 1. The van der Waals surface area contributed by atoms with Gasteiger partial charge in [0.15, 0.2) is 5.82 Å². The molecule has 0 fully saturated rings. The predicted molar refractivity (Wildman–Crippen MR) is 51.4 cm³/mol. The van der Waals surface area contributed by atoms with Gasteiger partial charge in [0.1, 0.15) is 5.82 Å². The quantitative estimate of drug-likeness (QED) is 0.671. The van der Waals surface area contributed by atoms with Crippen molar-refractivity contribution in [2.24, 2.45) is 4.99 Å². The number of nitrogens with two attached hydrogens (primary N) is 1. The molecule has 13 heavy (non-hydrogen) atoms. The van der Waals surface area contributed by atoms with Crippen molar-refractivity contribution in [1.29, 1.82) is 0 Å². The molecule has 2 rings (SSSR count). The van der Waals surface area contributed by atoms with Crippen molar-refractivity contribution in [2.75, 3.05) is 17.2 Å². The maximum absolute atomic E-state index is 5.42. The van der Waals surface area contributed by atoms with E-state index in [0.717, 1.165) is 12.4 Å². The van der Waals surface area contributed by atoms with Gasteiger partial charge in [0.2, 0.25) is 0 Å². The average Bonchev–Trinajstić information content (AvgIpc) is 2.20. The highest BCUT2D eigenvalue weighted by Crippen LogP contribution is 2.10. The zero-order valence-corrected chi connectivity index (χ0v) is 6.96. The summed E-state index contributed by atoms with van der Waals surface area (Å²) in [6, 6.07) is 0. The van der Waals surface area contributed by atoms with E-state index >= 15 is 0 Å². The van der Waals surface area contributed by atoms with Crippen LogP contribution in [0.3, 0.4) is 0 Å². The molecule has 0 spiro atoms. The Hall–Kier alpha value is -1.91. The lowest BCUT2D eigenvalue weighted by Crippen LogP contribution is -2.21. The molecular formula is C8H9N5. The first kappa shape index (κ1) is 7.72. The summed E-state index contributed by atoms with van der Waals surface area (Å²) in [6.07, 6.45) is 8.54. The van der Waals surface area contributed by atoms with Gasteiger partial charge in [-0.1, -0.05) is 0 Å². The van der Waals surface area contributed by atoms with Crippen molar-refractivity contribution in [3.05, 3.63) is 24.8 Å². The maximum Gasteiger partial charge on any atom is 0.151 e. The number of nitrogen functional groups attached to an aromatic ring is 1. The fraction of sp³-hybridized carbons (Fsp3) is 0.125. The molecule has 0 saturated carbocycles. The van der Waals surface area contributed by atoms with E-state index in [2.05, 4.69) is 15.0 Å². The van der Waals surface area contributed by atoms with E-state index < -0.39 is 0 Å². The molecule has 1 aliphatic heterocycles. The van der Waals surface area contributed by atoms with Crippen LogP contribution in [0.4, 0.5) is 11.6 Å². The Balaban J connectivity index is 2.21. The Kier molecular flexibility index (Phi) is 1.91. The van der Waals surface area contributed by atoms with Crippen LogP contribution >= 0.6 is 0 Å². The van der Waals surface area contributed by atoms with Crippen molar-refractivity contribution in [1.82, 2.24) is 9.97 Å². The summed E-state index contributed by atoms with van der Waals surface area (Å²) >= 11 is 0. The fourth-order valence-corrected chi connectivity index (χ4v) is 1.03. The molecule has 1 aromatic rings. The smallest absolute Gasteiger partial charge is 0.151 e. The Morgan fingerprint density at radius 3 is 2.85 bits per heavy atom. The number of aromatic nitrogens is 2. The van der Waals surface area contributed by atoms with E-state index in [0.29, 0.717) is 5.82 Å². The van der Waals surface area contributed by atoms with Gasteiger partial charge < -0.3 is 10.6 Å². The van der Waals surface area contributed by atoms with Crippen molar-refractivity contribution in [3.8, 4) is 0 Å². The molecule has 0 aliphatic carbocycles. The predicted octanol–water partition coefficient (Wildman–Crippen LogP) is 0.421. The third-order valence-corrected chi connectivity index (χ3v) is 1.67. The van der Waals surface area contributed by atoms with Crippen molar-refractivity contribution in [2.45, 2.75) is 0 Å². The van der Waals surface area contributed by atoms with Gasteiger partial charge in [-0.15, -0.1) is 0 Å². The monoisotopic (exact) mass is 175 g/mol. The second kappa shape index (κ2) is 3.22. The van der Waals surface area contributed by atoms with Gasteiger partial charge in [-0.25, -0.2) is 9.97 Å². The maximum atomic E-state index is 5.42. The van der Waals surface area contributed by atoms with E-state index in [1.54, 1.807) is 18.6 Å². The van der Waals surface area contributed by atoms with E-state index in [-0.39, 0.29) is 0 Å². The molecule has 5 nitrogen and oxygen atoms in total. The minimum Gasteiger partial charge on any atom is -0.382 e. The van der Waals surface area contributed by atoms with Gasteiger partial charge in [0.05, 0.1) is 18.9 Å². The molecule has 5 heteroatoms. The van der Waals surface area contributed by atoms with Crippen LogP contribution in [0.5, 0.6) is 0 Å². The van der Waals surface area contributed by atoms with Gasteiger partial charge in [0.25, 0.3) is 0 Å². The molecule has 0 saturated heterocycles. The molecule has 0 aromatic carbocycles. The molecule has 0 unspecified atom stereocenters. The highest BCUT2D eigenvalue weighted by molar-refractivity contribution is 5.68. The minimum absolute atomic E-state index is 0.429. The third-order valence-electron chi connectivity index (χ3n) is 1.67. The second-order valence-corrected chi connectivity index (χ2v) is 2.58. The number of hydrogen-bond donors (Lipinski definition) is 1. The molecule has 0 bridgehead atoms. The zero-order valence-electron chi connectivity index (χ0n) is 6.96. The summed E-state index contributed by atoms with van der Waals surface area (Å²) in [5, 5.41) is 0. The van der Waals surface area contributed by atoms with E-state index in [1.807, 2.05) is 11.1 Å². The molecule has 1 aliphatic rings. The zero-order chi connectivity index (χ0) is 9.10. The summed E-state index contributed by atoms with van der Waals surface area (Å²) in [6.45, 7) is 0.717. The SMILES string of the molecule is Nc1cnc(N2C=CN=CC2)cn1. The lowest BCUT2D eigenvalue weighted by Gasteiger charge is -2.17. The van der Waals surface area contributed by atoms with Crippen LogP contribution in [0, 0.1) is 0 Å². The molecule has 0 amide bonds. The molecule has 2 heterocycles. The van der Waals surface area contributed by atoms with Gasteiger partial charge >= 0.3 is 0 Å². The first-order valence-electron chi connectivity index (χ1n) is 3.89. The van der Waals surface area contributed by atoms with Gasteiger partial charge in [-0.3, -0.25) is 4.99 Å². The number of nitrogens with zero attached hydrogens (tertiary/aromatic N) is 4. The lowest BCUT2D eigenvalue weighted by molar-refractivity contribution is 1.03. The second-order valence-electron chi connectivity index (χ2n) is 2.58. The van der Waals surface area contributed by atoms with Gasteiger partial charge in [0, 0.05) is 18.6 Å². The fourth-order valence-electron chi connectivity index (χ4n) is 1.03. The Morgan fingerprint density at radius 2 is 2.23 bits per heavy atom. The molecular weight excluding hydrogens is 166 g/mol. The summed E-state index contributed by atoms with van der Waals surface area (Å²) in [4.78, 5) is 14.0. The molecule has 0 atom stereocenters. The number of anilines is 2. The topological polar surface area (TPSA) is 67.4 Å². The Bertz CT molecular complexity index is 340. The van der Waals surface area contributed by atoms with Crippen LogP contribution in [-0.4, -0.2) is 22.7 Å². The molecule has 2 N–H and O–H groups in total. The van der Waals surface area contributed by atoms with Crippen molar-refractivity contribution in [3.63, 3.8) is 0 Å². The highest BCUT2D eigenvalue weighted by Gasteiger charge is 2.04. The van der Waals surface area contributed by atoms with Crippen LogP contribution in [-0.2, 0) is 0 Å². The standard InChI is InChI=1S/C8H9N5/c9-7-5-12-8(6-11-7)13-3-1-10-2-4-13/h1-3,5-6H,4H2,(H2,9,11). The first-order valence-corrected chi connectivity index (χ1v) is 3.89. The van der Waals surface area contributed by atoms with Gasteiger partial charge in [-0.2, -0.15) is 0 Å². The molecule has 0 radical (unpaired) electrons. The van der Waals surface area contributed by atoms with Crippen LogP contribution in [0.2, 0.25) is 0 Å². The van der Waals surface area contributed by atoms with Crippen molar-refractivity contribution >= 4 is 17.9 Å². The minimum atomic E-state index is 0.429. The molecule has 66 valence electrons. The van der Waals surface area contributed by atoms with E-state index in [9.17, 15) is 0 Å². The summed E-state index contributed by atoms with van der Waals surface area (Å²) in [5.41, 5.74) is 5.42. The highest BCUT2D eigenvalue weighted by atomic mass is 15.2. The Labute approximate surface area is 75.6 Å². The largest absolute Gasteiger partial charge is 0.382 e. The van der Waals surface area contributed by atoms with Crippen molar-refractivity contribution < 1.29 is 0 Å². The van der Waals surface area contributed by atoms with Crippen LogP contribution in [0.1, 0.15) is 0 Å². The average molecular weight is 175 g/mol. The Morgan fingerprint density at radius 1 is 1.31 bits per heavy atom. The first-order chi connectivity index (χ1) is 6.36. The normalized spacial score (nSPS) is 14.9. The summed E-state index contributed by atoms with van der Waals surface area (Å²) in [7, 11) is 0.